The van der Waals surface area contributed by atoms with Crippen molar-refractivity contribution >= 4 is 5.97 Å². The third-order valence-electron chi connectivity index (χ3n) is 16.1. The number of nitrogens with zero attached hydrogens (tertiary/aromatic N) is 1. The van der Waals surface area contributed by atoms with Gasteiger partial charge in [0.15, 0.2) is 18.4 Å². The van der Waals surface area contributed by atoms with Crippen LogP contribution in [0.4, 0.5) is 0 Å². The summed E-state index contributed by atoms with van der Waals surface area (Å²) in [7, 11) is 3.48. The number of allylic oxidation sites excluding steroid dienone is 2. The van der Waals surface area contributed by atoms with Crippen LogP contribution in [0, 0.1) is 23.7 Å². The highest BCUT2D eigenvalue weighted by molar-refractivity contribution is 5.78. The van der Waals surface area contributed by atoms with Crippen LogP contribution < -0.4 is 0 Å². The molecule has 14 heteroatoms. The highest BCUT2D eigenvalue weighted by Gasteiger charge is 2.60. The lowest BCUT2D eigenvalue weighted by atomic mass is 9.71. The molecule has 0 aromatic carbocycles. The molecule has 1 spiro atoms. The summed E-state index contributed by atoms with van der Waals surface area (Å²) in [5.41, 5.74) is 0.196. The van der Waals surface area contributed by atoms with Gasteiger partial charge in [0, 0.05) is 51.7 Å². The highest BCUT2D eigenvalue weighted by atomic mass is 16.7. The molecule has 5 fully saturated rings. The van der Waals surface area contributed by atoms with Gasteiger partial charge in [0.2, 0.25) is 0 Å². The summed E-state index contributed by atoms with van der Waals surface area (Å²) in [4.78, 5) is 16.9. The van der Waals surface area contributed by atoms with E-state index in [1.807, 2.05) is 25.2 Å². The van der Waals surface area contributed by atoms with Crippen LogP contribution in [0.15, 0.2) is 59.3 Å². The Labute approximate surface area is 393 Å². The Kier molecular flexibility index (Phi) is 15.9. The summed E-state index contributed by atoms with van der Waals surface area (Å²) < 4.78 is 65.4. The molecule has 370 valence electrons. The van der Waals surface area contributed by atoms with Crippen LogP contribution in [0.5, 0.6) is 0 Å². The van der Waals surface area contributed by atoms with E-state index in [0.717, 1.165) is 25.1 Å². The number of ether oxygens (including phenoxy) is 10. The quantitative estimate of drug-likeness (QED) is 0.192. The molecule has 20 atom stereocenters. The molecule has 0 amide bonds. The first kappa shape index (κ1) is 50.1. The summed E-state index contributed by atoms with van der Waals surface area (Å²) in [5, 5.41) is 23.8. The third kappa shape index (κ3) is 10.1. The van der Waals surface area contributed by atoms with E-state index in [1.165, 1.54) is 12.8 Å². The van der Waals surface area contributed by atoms with Gasteiger partial charge in [-0.25, -0.2) is 0 Å². The Bertz CT molecular complexity index is 1840. The fourth-order valence-electron chi connectivity index (χ4n) is 12.1. The van der Waals surface area contributed by atoms with E-state index in [9.17, 15) is 15.0 Å². The topological polar surface area (TPSA) is 153 Å². The molecule has 2 bridgehead atoms. The number of likely N-dealkylation sites (tertiary alicyclic amines) is 1. The molecule has 2 N–H and O–H groups in total. The van der Waals surface area contributed by atoms with E-state index in [4.69, 9.17) is 47.4 Å². The zero-order valence-corrected chi connectivity index (χ0v) is 41.0. The maximum absolute atomic E-state index is 14.4. The normalized spacial score (nSPS) is 48.4. The van der Waals surface area contributed by atoms with Crippen molar-refractivity contribution in [3.63, 3.8) is 0 Å². The molecule has 1 aliphatic carbocycles. The predicted molar refractivity (Wildman–Crippen MR) is 246 cm³/mol. The lowest BCUT2D eigenvalue weighted by Crippen LogP contribution is -2.58. The van der Waals surface area contributed by atoms with Gasteiger partial charge in [0.1, 0.15) is 35.9 Å². The molecule has 14 nitrogen and oxygen atoms in total. The van der Waals surface area contributed by atoms with E-state index in [2.05, 4.69) is 58.6 Å². The minimum atomic E-state index is -1.83. The van der Waals surface area contributed by atoms with Crippen LogP contribution in [0.3, 0.4) is 0 Å². The van der Waals surface area contributed by atoms with Crippen molar-refractivity contribution < 1.29 is 62.4 Å². The average Bonchev–Trinajstić information content (AvgIpc) is 3.95. The van der Waals surface area contributed by atoms with Crippen molar-refractivity contribution in [3.8, 4) is 0 Å². The zero-order chi connectivity index (χ0) is 47.1. The van der Waals surface area contributed by atoms with Crippen molar-refractivity contribution in [1.82, 2.24) is 4.90 Å². The number of hydrogen-bond donors (Lipinski definition) is 2. The van der Waals surface area contributed by atoms with Gasteiger partial charge >= 0.3 is 5.97 Å². The largest absolute Gasteiger partial charge is 0.462 e. The van der Waals surface area contributed by atoms with Crippen molar-refractivity contribution in [1.29, 1.82) is 0 Å². The lowest BCUT2D eigenvalue weighted by molar-refractivity contribution is -0.315. The molecule has 7 heterocycles. The maximum Gasteiger partial charge on any atom is 0.316 e. The number of aliphatic hydroxyl groups excluding tert-OH is 1. The van der Waals surface area contributed by atoms with E-state index in [0.29, 0.717) is 43.3 Å². The zero-order valence-electron chi connectivity index (χ0n) is 41.0. The molecule has 0 aromatic rings. The summed E-state index contributed by atoms with van der Waals surface area (Å²) in [6.07, 6.45) is 13.5. The number of fused-ring (bicyclic) bond motifs is 2. The highest BCUT2D eigenvalue weighted by Crippen LogP contribution is 2.47. The number of esters is 1. The molecule has 66 heavy (non-hydrogen) atoms. The van der Waals surface area contributed by atoms with Crippen LogP contribution in [-0.2, 0) is 52.2 Å². The third-order valence-corrected chi connectivity index (χ3v) is 16.1. The molecular formula is C52H79NO13. The minimum Gasteiger partial charge on any atom is -0.462 e. The second-order valence-electron chi connectivity index (χ2n) is 20.7. The molecule has 0 radical (unpaired) electrons. The number of carbonyl (C=O) groups is 1. The second kappa shape index (κ2) is 21.0. The van der Waals surface area contributed by atoms with Crippen molar-refractivity contribution in [2.75, 3.05) is 33.9 Å². The monoisotopic (exact) mass is 926 g/mol. The Morgan fingerprint density at radius 1 is 0.894 bits per heavy atom. The van der Waals surface area contributed by atoms with E-state index in [1.54, 1.807) is 33.3 Å². The number of aliphatic hydroxyl groups is 2. The van der Waals surface area contributed by atoms with Gasteiger partial charge in [-0.05, 0) is 88.8 Å². The Morgan fingerprint density at radius 3 is 2.33 bits per heavy atom. The maximum atomic E-state index is 14.4. The van der Waals surface area contributed by atoms with Gasteiger partial charge in [-0.15, -0.1) is 0 Å². The number of rotatable bonds is 9. The van der Waals surface area contributed by atoms with E-state index >= 15 is 0 Å². The van der Waals surface area contributed by atoms with Gasteiger partial charge < -0.3 is 57.6 Å². The molecule has 8 rings (SSSR count). The van der Waals surface area contributed by atoms with Crippen molar-refractivity contribution in [3.05, 3.63) is 59.3 Å². The molecule has 8 aliphatic rings. The standard InChI is InChI=1S/C52H79NO13/c1-11-29(2)47-32(5)19-20-51(66-47)27-38-24-37(65-51)18-17-31(4)46(30(3)15-14-16-36-28-59-49-45(54)33(6)23-39(50(55)62-38)52(36,49)56)63-43-26-41(58-10)48(35(8)61-43)64-42-25-40(57-9)44(34(7)60-42)53-21-12-13-22-53/h14-17,19-20,23,29-30,32,34-35,37-49,54,56H,11-13,18,21-22,24-28H2,1-10H3/b15-14+,31-17+,36-16+/t29-,30-,32-,34+,35-,37+,38-,39-,40+,41-,42+,43-,44-,45+,46-,47+,48-,49+,51+,52+/m0/s1. The molecule has 0 unspecified atom stereocenters. The van der Waals surface area contributed by atoms with Gasteiger partial charge in [-0.2, -0.15) is 0 Å². The van der Waals surface area contributed by atoms with Gasteiger partial charge in [-0.3, -0.25) is 9.69 Å². The van der Waals surface area contributed by atoms with Gasteiger partial charge in [0.25, 0.3) is 0 Å². The first-order chi connectivity index (χ1) is 31.6. The van der Waals surface area contributed by atoms with Gasteiger partial charge in [-0.1, -0.05) is 70.6 Å². The van der Waals surface area contributed by atoms with Crippen LogP contribution in [0.25, 0.3) is 0 Å². The first-order valence-electron chi connectivity index (χ1n) is 25.0. The smallest absolute Gasteiger partial charge is 0.316 e. The second-order valence-corrected chi connectivity index (χ2v) is 20.7. The number of carbonyl (C=O) groups excluding carboxylic acids is 1. The summed E-state index contributed by atoms with van der Waals surface area (Å²) >= 11 is 0. The van der Waals surface area contributed by atoms with Crippen molar-refractivity contribution in [2.24, 2.45) is 23.7 Å². The summed E-state index contributed by atoms with van der Waals surface area (Å²) in [6.45, 7) is 18.7. The Balaban J connectivity index is 1.05. The fourth-order valence-corrected chi connectivity index (χ4v) is 12.1. The average molecular weight is 926 g/mol. The fraction of sp³-hybridized carbons (Fsp3) is 0.788. The Hall–Kier alpha value is -2.31. The number of methoxy groups -OCH3 is 2. The SMILES string of the molecule is CC[C@H](C)[C@H]1O[C@]2(C=C[C@@H]1C)C[C@@H]1C[C@@H](C/C=C(\C)[C@@H](O[C@H]3C[C@H](OC)[C@@H](O[C@@H]4C[C@@H](OC)[C@@H](N5CCCC5)[C@@H](C)O4)[C@H](C)O3)[C@@H](C)/C=C/C=C3\CO[C@@H]4[C@H](O)C(C)=C[C@@H](C(=O)O1)[C@]34O)O2. The molecule has 5 saturated heterocycles. The Morgan fingerprint density at radius 2 is 1.61 bits per heavy atom. The van der Waals surface area contributed by atoms with Crippen LogP contribution >= 0.6 is 0 Å². The lowest BCUT2D eigenvalue weighted by Gasteiger charge is -2.48. The molecule has 0 aromatic heterocycles. The molecule has 7 aliphatic heterocycles. The summed E-state index contributed by atoms with van der Waals surface area (Å²) in [6, 6.07) is 0.185. The predicted octanol–water partition coefficient (Wildman–Crippen LogP) is 6.48. The molecule has 0 saturated carbocycles. The minimum absolute atomic E-state index is 0.0120. The first-order valence-corrected chi connectivity index (χ1v) is 25.0. The van der Waals surface area contributed by atoms with Crippen LogP contribution in [-0.4, -0.2) is 152 Å². The number of hydrogen-bond acceptors (Lipinski definition) is 14. The van der Waals surface area contributed by atoms with Crippen LogP contribution in [0.1, 0.15) is 107 Å². The van der Waals surface area contributed by atoms with E-state index in [-0.39, 0.29) is 67.0 Å². The molecular weight excluding hydrogens is 847 g/mol. The van der Waals surface area contributed by atoms with Crippen molar-refractivity contribution in [2.45, 2.75) is 204 Å². The van der Waals surface area contributed by atoms with E-state index < -0.39 is 66.4 Å². The van der Waals surface area contributed by atoms with Gasteiger partial charge in [0.05, 0.1) is 55.4 Å². The van der Waals surface area contributed by atoms with Crippen LogP contribution in [0.2, 0.25) is 0 Å². The summed E-state index contributed by atoms with van der Waals surface area (Å²) in [5.74, 6) is -2.50.